The van der Waals surface area contributed by atoms with Crippen molar-refractivity contribution >= 4 is 29.2 Å². The van der Waals surface area contributed by atoms with Crippen molar-refractivity contribution < 1.29 is 9.90 Å². The minimum absolute atomic E-state index is 0.0857. The Morgan fingerprint density at radius 1 is 1.25 bits per heavy atom. The van der Waals surface area contributed by atoms with Crippen molar-refractivity contribution in [3.63, 3.8) is 0 Å². The number of aliphatic carboxylic acids is 1. The number of carboxylic acids is 1. The van der Waals surface area contributed by atoms with Gasteiger partial charge in [0.15, 0.2) is 0 Å². The summed E-state index contributed by atoms with van der Waals surface area (Å²) in [5.41, 5.74) is 1.15. The van der Waals surface area contributed by atoms with Crippen LogP contribution < -0.4 is 5.32 Å². The van der Waals surface area contributed by atoms with Gasteiger partial charge in [0.25, 0.3) is 0 Å². The summed E-state index contributed by atoms with van der Waals surface area (Å²) in [6.07, 6.45) is 2.82. The number of rotatable bonds is 8. The molecule has 2 N–H and O–H groups in total. The summed E-state index contributed by atoms with van der Waals surface area (Å²) in [6.45, 7) is 4.51. The molecule has 1 aromatic rings. The molecule has 0 unspecified atom stereocenters. The fourth-order valence-electron chi connectivity index (χ4n) is 2.01. The molecule has 0 spiro atoms. The Bertz CT molecular complexity index is 449. The molecule has 3 nitrogen and oxygen atoms in total. The van der Waals surface area contributed by atoms with E-state index in [1.165, 1.54) is 0 Å². The molecule has 0 saturated heterocycles. The maximum atomic E-state index is 11.0. The van der Waals surface area contributed by atoms with E-state index in [1.807, 2.05) is 26.0 Å². The molecule has 0 aliphatic rings. The normalized spacial score (nSPS) is 12.7. The number of carbonyl (C=O) groups is 1. The molecule has 0 fully saturated rings. The van der Waals surface area contributed by atoms with Crippen LogP contribution in [0.4, 0.5) is 0 Å². The Morgan fingerprint density at radius 3 is 2.50 bits per heavy atom. The molecule has 112 valence electrons. The first kappa shape index (κ1) is 17.3. The topological polar surface area (TPSA) is 49.3 Å². The van der Waals surface area contributed by atoms with E-state index in [-0.39, 0.29) is 5.92 Å². The van der Waals surface area contributed by atoms with Gasteiger partial charge in [0.05, 0.1) is 10.0 Å². The van der Waals surface area contributed by atoms with Crippen LogP contribution in [0.5, 0.6) is 0 Å². The number of unbranched alkanes of at least 4 members (excludes halogenated alkanes) is 1. The fourth-order valence-corrected chi connectivity index (χ4v) is 2.34. The van der Waals surface area contributed by atoms with Gasteiger partial charge in [-0.05, 0) is 49.4 Å². The molecule has 0 aromatic heterocycles. The summed E-state index contributed by atoms with van der Waals surface area (Å²) in [7, 11) is 0. The van der Waals surface area contributed by atoms with Gasteiger partial charge in [0.2, 0.25) is 0 Å². The lowest BCUT2D eigenvalue weighted by Crippen LogP contribution is -2.41. The largest absolute Gasteiger partial charge is 0.480 e. The molecule has 0 aliphatic carbocycles. The third-order valence-corrected chi connectivity index (χ3v) is 3.91. The van der Waals surface area contributed by atoms with Gasteiger partial charge in [-0.1, -0.05) is 43.1 Å². The number of aryl methyl sites for hydroxylation is 1. The maximum Gasteiger partial charge on any atom is 0.320 e. The van der Waals surface area contributed by atoms with Crippen LogP contribution in [0, 0.1) is 5.92 Å². The van der Waals surface area contributed by atoms with Gasteiger partial charge in [-0.2, -0.15) is 0 Å². The van der Waals surface area contributed by atoms with Crippen molar-refractivity contribution in [2.24, 2.45) is 5.92 Å². The van der Waals surface area contributed by atoms with Crippen molar-refractivity contribution in [3.05, 3.63) is 33.8 Å². The van der Waals surface area contributed by atoms with Gasteiger partial charge >= 0.3 is 5.97 Å². The molecule has 0 amide bonds. The van der Waals surface area contributed by atoms with Gasteiger partial charge < -0.3 is 10.4 Å². The van der Waals surface area contributed by atoms with Crippen molar-refractivity contribution in [1.29, 1.82) is 0 Å². The van der Waals surface area contributed by atoms with Gasteiger partial charge in [-0.15, -0.1) is 0 Å². The molecule has 1 rings (SSSR count). The molecule has 20 heavy (non-hydrogen) atoms. The quantitative estimate of drug-likeness (QED) is 0.712. The lowest BCUT2D eigenvalue weighted by Gasteiger charge is -2.17. The van der Waals surface area contributed by atoms with Gasteiger partial charge in [-0.3, -0.25) is 4.79 Å². The average Bonchev–Trinajstić information content (AvgIpc) is 2.36. The van der Waals surface area contributed by atoms with Crippen molar-refractivity contribution in [1.82, 2.24) is 5.32 Å². The van der Waals surface area contributed by atoms with Crippen molar-refractivity contribution in [3.8, 4) is 0 Å². The van der Waals surface area contributed by atoms with Crippen molar-refractivity contribution in [2.75, 3.05) is 6.54 Å². The van der Waals surface area contributed by atoms with E-state index >= 15 is 0 Å². The van der Waals surface area contributed by atoms with E-state index < -0.39 is 12.0 Å². The number of nitrogens with one attached hydrogen (secondary N) is 1. The van der Waals surface area contributed by atoms with E-state index in [0.29, 0.717) is 16.6 Å². The molecule has 5 heteroatoms. The molecule has 0 saturated carbocycles. The predicted octanol–water partition coefficient (Wildman–Crippen LogP) is 4.01. The molecule has 1 aromatic carbocycles. The van der Waals surface area contributed by atoms with Crippen LogP contribution >= 0.6 is 23.2 Å². The first-order chi connectivity index (χ1) is 9.41. The summed E-state index contributed by atoms with van der Waals surface area (Å²) in [4.78, 5) is 11.0. The number of hydrogen-bond acceptors (Lipinski definition) is 2. The first-order valence-corrected chi connectivity index (χ1v) is 7.57. The first-order valence-electron chi connectivity index (χ1n) is 6.82. The van der Waals surface area contributed by atoms with Crippen LogP contribution in [0.25, 0.3) is 0 Å². The van der Waals surface area contributed by atoms with Crippen LogP contribution in [-0.2, 0) is 11.2 Å². The third-order valence-electron chi connectivity index (χ3n) is 3.17. The Balaban J connectivity index is 2.28. The zero-order valence-electron chi connectivity index (χ0n) is 11.8. The highest BCUT2D eigenvalue weighted by Crippen LogP contribution is 2.23. The zero-order chi connectivity index (χ0) is 15.1. The van der Waals surface area contributed by atoms with E-state index in [4.69, 9.17) is 28.3 Å². The Hall–Kier alpha value is -0.770. The molecular weight excluding hydrogens is 297 g/mol. The molecular formula is C15H21Cl2NO2. The predicted molar refractivity (Wildman–Crippen MR) is 83.7 cm³/mol. The van der Waals surface area contributed by atoms with E-state index in [1.54, 1.807) is 6.07 Å². The lowest BCUT2D eigenvalue weighted by atomic mass is 10.0. The van der Waals surface area contributed by atoms with E-state index in [0.717, 1.165) is 24.8 Å². The monoisotopic (exact) mass is 317 g/mol. The van der Waals surface area contributed by atoms with E-state index in [9.17, 15) is 4.79 Å². The molecule has 1 atom stereocenters. The summed E-state index contributed by atoms with van der Waals surface area (Å²) >= 11 is 11.8. The van der Waals surface area contributed by atoms with Crippen LogP contribution in [-0.4, -0.2) is 23.7 Å². The highest BCUT2D eigenvalue weighted by atomic mass is 35.5. The summed E-state index contributed by atoms with van der Waals surface area (Å²) < 4.78 is 0. The standard InChI is InChI=1S/C15H21Cl2NO2/c1-10(2)14(15(19)20)18-8-4-3-5-11-6-7-12(16)13(17)9-11/h6-7,9-10,14,18H,3-5,8H2,1-2H3,(H,19,20)/t14-/m1/s1. The second-order valence-electron chi connectivity index (χ2n) is 5.22. The third kappa shape index (κ3) is 5.70. The van der Waals surface area contributed by atoms with Crippen LogP contribution in [0.3, 0.4) is 0 Å². The Kier molecular flexibility index (Phi) is 7.35. The van der Waals surface area contributed by atoms with Crippen LogP contribution in [0.15, 0.2) is 18.2 Å². The number of carboxylic acid groups (broad SMARTS) is 1. The van der Waals surface area contributed by atoms with Gasteiger partial charge in [0.1, 0.15) is 6.04 Å². The second-order valence-corrected chi connectivity index (χ2v) is 6.03. The minimum atomic E-state index is -0.788. The maximum absolute atomic E-state index is 11.0. The van der Waals surface area contributed by atoms with Crippen LogP contribution in [0.1, 0.15) is 32.3 Å². The smallest absolute Gasteiger partial charge is 0.320 e. The van der Waals surface area contributed by atoms with Gasteiger partial charge in [-0.25, -0.2) is 0 Å². The molecule has 0 bridgehead atoms. The number of halogens is 2. The highest BCUT2D eigenvalue weighted by molar-refractivity contribution is 6.42. The second kappa shape index (κ2) is 8.50. The molecule has 0 radical (unpaired) electrons. The highest BCUT2D eigenvalue weighted by Gasteiger charge is 2.19. The van der Waals surface area contributed by atoms with Crippen molar-refractivity contribution in [2.45, 2.75) is 39.2 Å². The number of hydrogen-bond donors (Lipinski definition) is 2. The SMILES string of the molecule is CC(C)[C@@H](NCCCCc1ccc(Cl)c(Cl)c1)C(=O)O. The van der Waals surface area contributed by atoms with Crippen LogP contribution in [0.2, 0.25) is 10.0 Å². The zero-order valence-corrected chi connectivity index (χ0v) is 13.3. The summed E-state index contributed by atoms with van der Waals surface area (Å²) in [5, 5.41) is 13.3. The molecule has 0 heterocycles. The lowest BCUT2D eigenvalue weighted by molar-refractivity contribution is -0.140. The fraction of sp³-hybridized carbons (Fsp3) is 0.533. The number of benzene rings is 1. The van der Waals surface area contributed by atoms with Gasteiger partial charge in [0, 0.05) is 0 Å². The average molecular weight is 318 g/mol. The Labute approximate surface area is 130 Å². The summed E-state index contributed by atoms with van der Waals surface area (Å²) in [6, 6.07) is 5.18. The summed E-state index contributed by atoms with van der Waals surface area (Å²) in [5.74, 6) is -0.702. The Morgan fingerprint density at radius 2 is 1.95 bits per heavy atom. The minimum Gasteiger partial charge on any atom is -0.480 e. The molecule has 0 aliphatic heterocycles. The van der Waals surface area contributed by atoms with E-state index in [2.05, 4.69) is 5.32 Å².